The van der Waals surface area contributed by atoms with Gasteiger partial charge in [0.25, 0.3) is 0 Å². The van der Waals surface area contributed by atoms with E-state index in [0.717, 1.165) is 4.47 Å². The van der Waals surface area contributed by atoms with E-state index in [2.05, 4.69) is 20.9 Å². The highest BCUT2D eigenvalue weighted by atomic mass is 79.9. The van der Waals surface area contributed by atoms with Crippen LogP contribution in [0, 0.1) is 0 Å². The Kier molecular flexibility index (Phi) is 2.29. The number of hydrogen-bond acceptors (Lipinski definition) is 4. The van der Waals surface area contributed by atoms with Crippen molar-refractivity contribution in [3.63, 3.8) is 0 Å². The third kappa shape index (κ3) is 1.77. The Hall–Kier alpha value is -0.590. The van der Waals surface area contributed by atoms with E-state index in [4.69, 9.17) is 15.1 Å². The summed E-state index contributed by atoms with van der Waals surface area (Å²) >= 11 is 3.23. The fraction of sp³-hybridized carbons (Fsp3) is 0. The van der Waals surface area contributed by atoms with Crippen molar-refractivity contribution in [3.05, 3.63) is 22.7 Å². The molecule has 0 radical (unpaired) electrons. The molecule has 7 heteroatoms. The Morgan fingerprint density at radius 2 is 2.14 bits per heavy atom. The fourth-order valence-electron chi connectivity index (χ4n) is 0.984. The zero-order chi connectivity index (χ0) is 10.3. The van der Waals surface area contributed by atoms with Crippen LogP contribution in [0.2, 0.25) is 0 Å². The largest absolute Gasteiger partial charge is 0.427 e. The van der Waals surface area contributed by atoms with Gasteiger partial charge in [-0.25, -0.2) is 8.42 Å². The second-order valence-corrected chi connectivity index (χ2v) is 5.89. The van der Waals surface area contributed by atoms with E-state index in [1.807, 2.05) is 0 Å². The second-order valence-electron chi connectivity index (χ2n) is 2.53. The quantitative estimate of drug-likeness (QED) is 0.759. The van der Waals surface area contributed by atoms with Crippen molar-refractivity contribution < 1.29 is 12.8 Å². The second kappa shape index (κ2) is 3.22. The number of fused-ring (bicyclic) bond motifs is 1. The molecule has 1 heterocycles. The van der Waals surface area contributed by atoms with E-state index < -0.39 is 14.3 Å². The summed E-state index contributed by atoms with van der Waals surface area (Å²) in [6.45, 7) is 0. The van der Waals surface area contributed by atoms with E-state index in [1.165, 1.54) is 0 Å². The number of nitrogens with zero attached hydrogens (tertiary/aromatic N) is 1. The maximum atomic E-state index is 10.9. The third-order valence-electron chi connectivity index (χ3n) is 1.54. The van der Waals surface area contributed by atoms with E-state index >= 15 is 0 Å². The predicted octanol–water partition coefficient (Wildman–Crippen LogP) is 2.52. The molecule has 2 aromatic rings. The van der Waals surface area contributed by atoms with Crippen molar-refractivity contribution in [2.75, 3.05) is 0 Å². The summed E-state index contributed by atoms with van der Waals surface area (Å²) in [5, 5.41) is -0.479. The molecule has 0 saturated carbocycles. The molecule has 0 fully saturated rings. The van der Waals surface area contributed by atoms with Gasteiger partial charge in [-0.3, -0.25) is 0 Å². The molecule has 0 bridgehead atoms. The lowest BCUT2D eigenvalue weighted by Crippen LogP contribution is -1.88. The lowest BCUT2D eigenvalue weighted by Gasteiger charge is -1.85. The fourth-order valence-corrected chi connectivity index (χ4v) is 1.93. The van der Waals surface area contributed by atoms with Crippen molar-refractivity contribution in [2.45, 2.75) is 5.22 Å². The van der Waals surface area contributed by atoms with Crippen molar-refractivity contribution in [1.82, 2.24) is 4.98 Å². The van der Waals surface area contributed by atoms with Crippen LogP contribution in [0.5, 0.6) is 0 Å². The number of hydrogen-bond donors (Lipinski definition) is 0. The van der Waals surface area contributed by atoms with Crippen LogP contribution >= 0.6 is 26.6 Å². The molecule has 4 nitrogen and oxygen atoms in total. The van der Waals surface area contributed by atoms with E-state index in [9.17, 15) is 8.42 Å². The molecule has 0 N–H and O–H groups in total. The van der Waals surface area contributed by atoms with E-state index in [-0.39, 0.29) is 0 Å². The summed E-state index contributed by atoms with van der Waals surface area (Å²) in [5.41, 5.74) is 0.825. The average molecular weight is 297 g/mol. The molecule has 0 saturated heterocycles. The third-order valence-corrected chi connectivity index (χ3v) is 3.02. The SMILES string of the molecule is O=S(=O)(Cl)c1nc2cc(Br)ccc2o1. The van der Waals surface area contributed by atoms with E-state index in [0.29, 0.717) is 11.1 Å². The Morgan fingerprint density at radius 3 is 2.79 bits per heavy atom. The van der Waals surface area contributed by atoms with Gasteiger partial charge in [0.2, 0.25) is 0 Å². The van der Waals surface area contributed by atoms with Crippen molar-refractivity contribution >= 4 is 46.8 Å². The molecule has 0 amide bonds. The molecule has 1 aromatic carbocycles. The molecule has 1 aromatic heterocycles. The van der Waals surface area contributed by atoms with Gasteiger partial charge in [0.05, 0.1) is 0 Å². The lowest BCUT2D eigenvalue weighted by molar-refractivity contribution is 0.464. The van der Waals surface area contributed by atoms with Gasteiger partial charge in [0.1, 0.15) is 5.52 Å². The van der Waals surface area contributed by atoms with Gasteiger partial charge in [-0.1, -0.05) is 15.9 Å². The average Bonchev–Trinajstić information content (AvgIpc) is 2.45. The van der Waals surface area contributed by atoms with Crippen LogP contribution in [0.4, 0.5) is 0 Å². The minimum absolute atomic E-state index is 0.382. The van der Waals surface area contributed by atoms with Crippen LogP contribution in [0.1, 0.15) is 0 Å². The molecule has 0 aliphatic heterocycles. The minimum atomic E-state index is -3.90. The molecule has 0 atom stereocenters. The Morgan fingerprint density at radius 1 is 1.43 bits per heavy atom. The molecule has 0 spiro atoms. The number of rotatable bonds is 1. The van der Waals surface area contributed by atoms with Crippen LogP contribution in [0.3, 0.4) is 0 Å². The molecule has 0 unspecified atom stereocenters. The summed E-state index contributed by atoms with van der Waals surface area (Å²) in [6, 6.07) is 4.97. The van der Waals surface area contributed by atoms with Crippen molar-refractivity contribution in [1.29, 1.82) is 0 Å². The number of benzene rings is 1. The maximum Gasteiger partial charge on any atom is 0.332 e. The lowest BCUT2D eigenvalue weighted by atomic mass is 10.3. The van der Waals surface area contributed by atoms with Gasteiger partial charge in [-0.05, 0) is 18.2 Å². The standard InChI is InChI=1S/C7H3BrClNO3S/c8-4-1-2-6-5(3-4)10-7(13-6)14(9,11)12/h1-3H. The summed E-state index contributed by atoms with van der Waals surface area (Å²) in [4.78, 5) is 3.73. The zero-order valence-corrected chi connectivity index (χ0v) is 9.73. The minimum Gasteiger partial charge on any atom is -0.427 e. The van der Waals surface area contributed by atoms with Crippen LogP contribution in [0.15, 0.2) is 32.3 Å². The molecule has 0 aliphatic rings. The Bertz CT molecular complexity index is 592. The van der Waals surface area contributed by atoms with Crippen LogP contribution in [-0.2, 0) is 9.05 Å². The van der Waals surface area contributed by atoms with Crippen LogP contribution < -0.4 is 0 Å². The highest BCUT2D eigenvalue weighted by Crippen LogP contribution is 2.23. The first-order chi connectivity index (χ1) is 6.47. The van der Waals surface area contributed by atoms with Gasteiger partial charge in [0.15, 0.2) is 5.58 Å². The topological polar surface area (TPSA) is 60.2 Å². The molecule has 14 heavy (non-hydrogen) atoms. The van der Waals surface area contributed by atoms with Crippen LogP contribution in [0.25, 0.3) is 11.1 Å². The monoisotopic (exact) mass is 295 g/mol. The van der Waals surface area contributed by atoms with E-state index in [1.54, 1.807) is 18.2 Å². The maximum absolute atomic E-state index is 10.9. The molecular weight excluding hydrogens is 294 g/mol. The van der Waals surface area contributed by atoms with Gasteiger partial charge in [-0.15, -0.1) is 0 Å². The zero-order valence-electron chi connectivity index (χ0n) is 6.57. The van der Waals surface area contributed by atoms with Crippen LogP contribution in [-0.4, -0.2) is 13.4 Å². The Labute approximate surface area is 92.4 Å². The highest BCUT2D eigenvalue weighted by molar-refractivity contribution is 9.10. The smallest absolute Gasteiger partial charge is 0.332 e. The summed E-state index contributed by atoms with van der Waals surface area (Å²) < 4.78 is 27.5. The normalized spacial score (nSPS) is 12.1. The number of aromatic nitrogens is 1. The van der Waals surface area contributed by atoms with Gasteiger partial charge in [-0.2, -0.15) is 4.98 Å². The van der Waals surface area contributed by atoms with Crippen molar-refractivity contribution in [3.8, 4) is 0 Å². The summed E-state index contributed by atoms with van der Waals surface area (Å²) in [7, 11) is 1.18. The predicted molar refractivity (Wildman–Crippen MR) is 54.7 cm³/mol. The first kappa shape index (κ1) is 9.95. The molecule has 0 aliphatic carbocycles. The van der Waals surface area contributed by atoms with Gasteiger partial charge >= 0.3 is 14.3 Å². The number of halogens is 2. The van der Waals surface area contributed by atoms with Crippen molar-refractivity contribution in [2.24, 2.45) is 0 Å². The Balaban J connectivity index is 2.75. The molecular formula is C7H3BrClNO3S. The summed E-state index contributed by atoms with van der Waals surface area (Å²) in [6.07, 6.45) is 0. The highest BCUT2D eigenvalue weighted by Gasteiger charge is 2.18. The first-order valence-electron chi connectivity index (χ1n) is 3.47. The first-order valence-corrected chi connectivity index (χ1v) is 6.58. The number of oxazole rings is 1. The molecule has 2 rings (SSSR count). The molecule has 74 valence electrons. The summed E-state index contributed by atoms with van der Waals surface area (Å²) in [5.74, 6) is 0. The van der Waals surface area contributed by atoms with Gasteiger partial charge in [0, 0.05) is 15.2 Å². The van der Waals surface area contributed by atoms with Gasteiger partial charge < -0.3 is 4.42 Å².